The predicted octanol–water partition coefficient (Wildman–Crippen LogP) is 1.83. The van der Waals surface area contributed by atoms with Gasteiger partial charge < -0.3 is 15.0 Å². The molecule has 0 saturated carbocycles. The highest BCUT2D eigenvalue weighted by Crippen LogP contribution is 2.32. The van der Waals surface area contributed by atoms with E-state index in [9.17, 15) is 0 Å². The third-order valence-electron chi connectivity index (χ3n) is 3.49. The van der Waals surface area contributed by atoms with E-state index in [1.54, 1.807) is 7.11 Å². The molecule has 0 bridgehead atoms. The maximum Gasteiger partial charge on any atom is 0.128 e. The van der Waals surface area contributed by atoms with Crippen LogP contribution in [0, 0.1) is 0 Å². The molecule has 0 fully saturated rings. The van der Waals surface area contributed by atoms with Gasteiger partial charge in [-0.2, -0.15) is 0 Å². The van der Waals surface area contributed by atoms with Crippen molar-refractivity contribution in [1.29, 1.82) is 0 Å². The minimum atomic E-state index is 0.247. The standard InChI is InChI=1S/C14H17N3O/c1-18-13-5-3-2-4-11(13)14-12-7-6-10(15)8-17(12)9-16-14/h2-5,9-10H,6-8,15H2,1H3. The first-order chi connectivity index (χ1) is 8.79. The average molecular weight is 243 g/mol. The van der Waals surface area contributed by atoms with Crippen LogP contribution < -0.4 is 10.5 Å². The van der Waals surface area contributed by atoms with Crippen molar-refractivity contribution in [3.05, 3.63) is 36.3 Å². The quantitative estimate of drug-likeness (QED) is 0.875. The van der Waals surface area contributed by atoms with Gasteiger partial charge in [-0.3, -0.25) is 0 Å². The van der Waals surface area contributed by atoms with E-state index in [2.05, 4.69) is 15.6 Å². The molecule has 18 heavy (non-hydrogen) atoms. The Morgan fingerprint density at radius 2 is 2.22 bits per heavy atom. The number of rotatable bonds is 2. The number of methoxy groups -OCH3 is 1. The summed E-state index contributed by atoms with van der Waals surface area (Å²) < 4.78 is 7.57. The van der Waals surface area contributed by atoms with E-state index in [4.69, 9.17) is 10.5 Å². The van der Waals surface area contributed by atoms with Crippen molar-refractivity contribution in [1.82, 2.24) is 9.55 Å². The normalized spacial score (nSPS) is 18.4. The second-order valence-electron chi connectivity index (χ2n) is 4.69. The zero-order valence-electron chi connectivity index (χ0n) is 10.5. The number of hydrogen-bond acceptors (Lipinski definition) is 3. The minimum absolute atomic E-state index is 0.247. The largest absolute Gasteiger partial charge is 0.496 e. The number of nitrogens with two attached hydrogens (primary N) is 1. The van der Waals surface area contributed by atoms with E-state index in [1.807, 2.05) is 24.5 Å². The van der Waals surface area contributed by atoms with Crippen molar-refractivity contribution in [2.45, 2.75) is 25.4 Å². The number of para-hydroxylation sites is 1. The molecule has 1 unspecified atom stereocenters. The van der Waals surface area contributed by atoms with Crippen molar-refractivity contribution in [2.24, 2.45) is 5.73 Å². The van der Waals surface area contributed by atoms with Crippen LogP contribution in [-0.4, -0.2) is 22.7 Å². The van der Waals surface area contributed by atoms with Crippen molar-refractivity contribution >= 4 is 0 Å². The Morgan fingerprint density at radius 3 is 3.06 bits per heavy atom. The lowest BCUT2D eigenvalue weighted by Gasteiger charge is -2.21. The van der Waals surface area contributed by atoms with Gasteiger partial charge in [-0.15, -0.1) is 0 Å². The first-order valence-electron chi connectivity index (χ1n) is 6.22. The fourth-order valence-corrected chi connectivity index (χ4v) is 2.56. The molecule has 94 valence electrons. The molecule has 2 aromatic rings. The van der Waals surface area contributed by atoms with Gasteiger partial charge in [0, 0.05) is 23.8 Å². The molecule has 4 nitrogen and oxygen atoms in total. The number of imidazole rings is 1. The first-order valence-corrected chi connectivity index (χ1v) is 6.22. The summed E-state index contributed by atoms with van der Waals surface area (Å²) in [6.07, 6.45) is 3.89. The fourth-order valence-electron chi connectivity index (χ4n) is 2.56. The second kappa shape index (κ2) is 4.46. The molecule has 4 heteroatoms. The Morgan fingerprint density at radius 1 is 1.39 bits per heavy atom. The van der Waals surface area contributed by atoms with Crippen LogP contribution in [0.5, 0.6) is 5.75 Å². The van der Waals surface area contributed by atoms with Gasteiger partial charge in [-0.1, -0.05) is 12.1 Å². The van der Waals surface area contributed by atoms with Crippen LogP contribution in [-0.2, 0) is 13.0 Å². The van der Waals surface area contributed by atoms with Crippen LogP contribution in [0.25, 0.3) is 11.3 Å². The van der Waals surface area contributed by atoms with Gasteiger partial charge >= 0.3 is 0 Å². The number of benzene rings is 1. The number of fused-ring (bicyclic) bond motifs is 1. The lowest BCUT2D eigenvalue weighted by Crippen LogP contribution is -2.31. The Labute approximate surface area is 106 Å². The molecule has 1 aliphatic rings. The average Bonchev–Trinajstić information content (AvgIpc) is 2.81. The van der Waals surface area contributed by atoms with E-state index in [-0.39, 0.29) is 6.04 Å². The molecule has 0 saturated heterocycles. The van der Waals surface area contributed by atoms with Crippen molar-refractivity contribution < 1.29 is 4.74 Å². The zero-order chi connectivity index (χ0) is 12.5. The summed E-state index contributed by atoms with van der Waals surface area (Å²) in [6, 6.07) is 8.25. The van der Waals surface area contributed by atoms with E-state index in [1.165, 1.54) is 5.69 Å². The monoisotopic (exact) mass is 243 g/mol. The van der Waals surface area contributed by atoms with Crippen LogP contribution in [0.4, 0.5) is 0 Å². The lowest BCUT2D eigenvalue weighted by molar-refractivity contribution is 0.416. The van der Waals surface area contributed by atoms with Crippen molar-refractivity contribution in [2.75, 3.05) is 7.11 Å². The Balaban J connectivity index is 2.08. The van der Waals surface area contributed by atoms with Crippen LogP contribution in [0.1, 0.15) is 12.1 Å². The molecule has 0 amide bonds. The van der Waals surface area contributed by atoms with Gasteiger partial charge in [0.2, 0.25) is 0 Å². The van der Waals surface area contributed by atoms with E-state index >= 15 is 0 Å². The first kappa shape index (κ1) is 11.3. The second-order valence-corrected chi connectivity index (χ2v) is 4.69. The summed E-state index contributed by atoms with van der Waals surface area (Å²) >= 11 is 0. The van der Waals surface area contributed by atoms with Gasteiger partial charge in [0.25, 0.3) is 0 Å². The van der Waals surface area contributed by atoms with Gasteiger partial charge in [-0.05, 0) is 25.0 Å². The van der Waals surface area contributed by atoms with Gasteiger partial charge in [0.15, 0.2) is 0 Å². The van der Waals surface area contributed by atoms with Gasteiger partial charge in [-0.25, -0.2) is 4.98 Å². The number of ether oxygens (including phenoxy) is 1. The van der Waals surface area contributed by atoms with Crippen LogP contribution in [0.2, 0.25) is 0 Å². The topological polar surface area (TPSA) is 53.1 Å². The number of hydrogen-bond donors (Lipinski definition) is 1. The molecule has 1 atom stereocenters. The van der Waals surface area contributed by atoms with Gasteiger partial charge in [0.05, 0.1) is 19.1 Å². The molecule has 1 aromatic heterocycles. The number of nitrogens with zero attached hydrogens (tertiary/aromatic N) is 2. The highest BCUT2D eigenvalue weighted by molar-refractivity contribution is 5.69. The van der Waals surface area contributed by atoms with Crippen molar-refractivity contribution in [3.63, 3.8) is 0 Å². The van der Waals surface area contributed by atoms with Gasteiger partial charge in [0.1, 0.15) is 5.75 Å². The summed E-state index contributed by atoms with van der Waals surface area (Å²) in [6.45, 7) is 0.859. The molecule has 1 aromatic carbocycles. The highest BCUT2D eigenvalue weighted by atomic mass is 16.5. The SMILES string of the molecule is COc1ccccc1-c1ncn2c1CCC(N)C2. The van der Waals surface area contributed by atoms with E-state index in [0.717, 1.165) is 36.4 Å². The number of aromatic nitrogens is 2. The summed E-state index contributed by atoms with van der Waals surface area (Å²) in [5, 5.41) is 0. The summed E-state index contributed by atoms with van der Waals surface area (Å²) in [5.41, 5.74) is 9.33. The molecular weight excluding hydrogens is 226 g/mol. The molecule has 0 spiro atoms. The summed E-state index contributed by atoms with van der Waals surface area (Å²) in [7, 11) is 1.69. The third-order valence-corrected chi connectivity index (χ3v) is 3.49. The molecule has 0 radical (unpaired) electrons. The molecule has 2 N–H and O–H groups in total. The molecule has 0 aliphatic carbocycles. The summed E-state index contributed by atoms with van der Waals surface area (Å²) in [5.74, 6) is 0.869. The van der Waals surface area contributed by atoms with Crippen LogP contribution in [0.3, 0.4) is 0 Å². The molecule has 1 aliphatic heterocycles. The molecule has 3 rings (SSSR count). The smallest absolute Gasteiger partial charge is 0.128 e. The van der Waals surface area contributed by atoms with Crippen LogP contribution in [0.15, 0.2) is 30.6 Å². The lowest BCUT2D eigenvalue weighted by atomic mass is 10.0. The Hall–Kier alpha value is -1.81. The predicted molar refractivity (Wildman–Crippen MR) is 70.5 cm³/mol. The van der Waals surface area contributed by atoms with E-state index < -0.39 is 0 Å². The molecular formula is C14H17N3O. The van der Waals surface area contributed by atoms with Crippen LogP contribution >= 0.6 is 0 Å². The third kappa shape index (κ3) is 1.78. The Bertz CT molecular complexity index is 562. The maximum absolute atomic E-state index is 5.98. The Kier molecular flexibility index (Phi) is 2.80. The summed E-state index contributed by atoms with van der Waals surface area (Å²) in [4.78, 5) is 4.54. The maximum atomic E-state index is 5.98. The minimum Gasteiger partial charge on any atom is -0.496 e. The zero-order valence-corrected chi connectivity index (χ0v) is 10.5. The highest BCUT2D eigenvalue weighted by Gasteiger charge is 2.21. The van der Waals surface area contributed by atoms with Crippen molar-refractivity contribution in [3.8, 4) is 17.0 Å². The molecule has 2 heterocycles. The van der Waals surface area contributed by atoms with E-state index in [0.29, 0.717) is 0 Å². The fraction of sp³-hybridized carbons (Fsp3) is 0.357.